The van der Waals surface area contributed by atoms with Crippen molar-refractivity contribution in [3.05, 3.63) is 29.2 Å². The molecule has 1 aliphatic heterocycles. The van der Waals surface area contributed by atoms with E-state index < -0.39 is 12.0 Å². The molecule has 8 nitrogen and oxygen atoms in total. The lowest BCUT2D eigenvalue weighted by Gasteiger charge is -2.27. The monoisotopic (exact) mass is 320 g/mol. The molecule has 3 rings (SSSR count). The third-order valence-electron chi connectivity index (χ3n) is 3.56. The maximum Gasteiger partial charge on any atom is 0.338 e. The highest BCUT2D eigenvalue weighted by Gasteiger charge is 2.36. The maximum absolute atomic E-state index is 12.3. The van der Waals surface area contributed by atoms with Crippen molar-refractivity contribution in [3.63, 3.8) is 0 Å². The average Bonchev–Trinajstić information content (AvgIpc) is 3.10. The summed E-state index contributed by atoms with van der Waals surface area (Å²) < 4.78 is 8.36. The van der Waals surface area contributed by atoms with Crippen LogP contribution < -0.4 is 5.32 Å². The molecule has 1 atom stereocenters. The second kappa shape index (κ2) is 5.48. The average molecular weight is 320 g/mol. The molecule has 3 heterocycles. The predicted octanol–water partition coefficient (Wildman–Crippen LogP) is 1.20. The Morgan fingerprint density at radius 2 is 2.27 bits per heavy atom. The van der Waals surface area contributed by atoms with Crippen LogP contribution in [0.2, 0.25) is 0 Å². The molecule has 0 bridgehead atoms. The van der Waals surface area contributed by atoms with Crippen molar-refractivity contribution in [1.82, 2.24) is 24.5 Å². The highest BCUT2D eigenvalue weighted by Crippen LogP contribution is 2.35. The third-order valence-corrected chi connectivity index (χ3v) is 4.10. The van der Waals surface area contributed by atoms with Gasteiger partial charge in [0.1, 0.15) is 6.04 Å². The van der Waals surface area contributed by atoms with Crippen LogP contribution in [0.4, 0.5) is 5.95 Å². The lowest BCUT2D eigenvalue weighted by molar-refractivity contribution is -0.136. The van der Waals surface area contributed by atoms with E-state index in [2.05, 4.69) is 20.5 Å². The lowest BCUT2D eigenvalue weighted by Crippen LogP contribution is -2.30. The number of aryl methyl sites for hydroxylation is 1. The number of ether oxygens (including phenoxy) is 1. The SMILES string of the molecule is COC(=O)C1=C(C)Nc2nc(SC)nn2[C@@H]1c1ccnn1C. The van der Waals surface area contributed by atoms with Crippen molar-refractivity contribution in [3.8, 4) is 0 Å². The number of methoxy groups -OCH3 is 1. The molecule has 0 saturated carbocycles. The first-order valence-corrected chi connectivity index (χ1v) is 7.83. The van der Waals surface area contributed by atoms with Crippen molar-refractivity contribution in [2.45, 2.75) is 18.1 Å². The van der Waals surface area contributed by atoms with Gasteiger partial charge < -0.3 is 10.1 Å². The third kappa shape index (κ3) is 2.17. The summed E-state index contributed by atoms with van der Waals surface area (Å²) in [5.74, 6) is 0.198. The quantitative estimate of drug-likeness (QED) is 0.671. The van der Waals surface area contributed by atoms with Crippen molar-refractivity contribution in [2.24, 2.45) is 7.05 Å². The molecule has 0 radical (unpaired) electrons. The summed E-state index contributed by atoms with van der Waals surface area (Å²) in [5, 5.41) is 12.4. The zero-order valence-electron chi connectivity index (χ0n) is 12.7. The van der Waals surface area contributed by atoms with E-state index >= 15 is 0 Å². The number of allylic oxidation sites excluding steroid dienone is 1. The summed E-state index contributed by atoms with van der Waals surface area (Å²) in [6.45, 7) is 1.83. The minimum Gasteiger partial charge on any atom is -0.466 e. The van der Waals surface area contributed by atoms with Crippen molar-refractivity contribution < 1.29 is 9.53 Å². The number of hydrogen-bond acceptors (Lipinski definition) is 7. The van der Waals surface area contributed by atoms with Gasteiger partial charge in [0.05, 0.1) is 18.4 Å². The van der Waals surface area contributed by atoms with E-state index in [9.17, 15) is 4.79 Å². The number of fused-ring (bicyclic) bond motifs is 1. The fourth-order valence-corrected chi connectivity index (χ4v) is 2.87. The molecule has 0 spiro atoms. The van der Waals surface area contributed by atoms with Crippen LogP contribution in [0, 0.1) is 0 Å². The summed E-state index contributed by atoms with van der Waals surface area (Å²) >= 11 is 1.44. The molecule has 0 saturated heterocycles. The first kappa shape index (κ1) is 14.6. The fourth-order valence-electron chi connectivity index (χ4n) is 2.52. The van der Waals surface area contributed by atoms with Gasteiger partial charge in [0.15, 0.2) is 0 Å². The van der Waals surface area contributed by atoms with E-state index in [4.69, 9.17) is 4.74 Å². The Morgan fingerprint density at radius 1 is 1.50 bits per heavy atom. The number of aromatic nitrogens is 5. The lowest BCUT2D eigenvalue weighted by atomic mass is 10.0. The van der Waals surface area contributed by atoms with Crippen LogP contribution in [0.1, 0.15) is 18.7 Å². The molecule has 0 fully saturated rings. The topological polar surface area (TPSA) is 86.9 Å². The number of nitrogens with zero attached hydrogens (tertiary/aromatic N) is 5. The van der Waals surface area contributed by atoms with Gasteiger partial charge in [-0.05, 0) is 19.2 Å². The molecule has 116 valence electrons. The molecule has 0 aliphatic carbocycles. The van der Waals surface area contributed by atoms with Gasteiger partial charge in [-0.1, -0.05) is 11.8 Å². The molecular weight excluding hydrogens is 304 g/mol. The summed E-state index contributed by atoms with van der Waals surface area (Å²) in [5.41, 5.74) is 2.03. The van der Waals surface area contributed by atoms with E-state index in [0.29, 0.717) is 22.4 Å². The van der Waals surface area contributed by atoms with Gasteiger partial charge in [0, 0.05) is 18.9 Å². The molecule has 1 N–H and O–H groups in total. The number of rotatable bonds is 3. The van der Waals surface area contributed by atoms with Gasteiger partial charge in [-0.2, -0.15) is 10.1 Å². The molecule has 22 heavy (non-hydrogen) atoms. The molecule has 0 aromatic carbocycles. The summed E-state index contributed by atoms with van der Waals surface area (Å²) in [6, 6.07) is 1.43. The Labute approximate surface area is 131 Å². The number of nitrogens with one attached hydrogen (secondary N) is 1. The zero-order valence-corrected chi connectivity index (χ0v) is 13.5. The van der Waals surface area contributed by atoms with E-state index in [0.717, 1.165) is 5.69 Å². The summed E-state index contributed by atoms with van der Waals surface area (Å²) in [6.07, 6.45) is 3.59. The number of hydrogen-bond donors (Lipinski definition) is 1. The van der Waals surface area contributed by atoms with Gasteiger partial charge in [0.25, 0.3) is 0 Å². The Balaban J connectivity index is 2.21. The summed E-state index contributed by atoms with van der Waals surface area (Å²) in [7, 11) is 3.20. The Kier molecular flexibility index (Phi) is 3.65. The van der Waals surface area contributed by atoms with E-state index in [1.165, 1.54) is 18.9 Å². The molecule has 1 aliphatic rings. The molecule has 2 aromatic rings. The van der Waals surface area contributed by atoms with Crippen LogP contribution in [0.5, 0.6) is 0 Å². The van der Waals surface area contributed by atoms with Crippen molar-refractivity contribution >= 4 is 23.7 Å². The maximum atomic E-state index is 12.3. The normalized spacial score (nSPS) is 17.2. The smallest absolute Gasteiger partial charge is 0.338 e. The van der Waals surface area contributed by atoms with Crippen molar-refractivity contribution in [1.29, 1.82) is 0 Å². The zero-order chi connectivity index (χ0) is 15.9. The number of esters is 1. The van der Waals surface area contributed by atoms with E-state index in [1.54, 1.807) is 15.6 Å². The van der Waals surface area contributed by atoms with Crippen LogP contribution >= 0.6 is 11.8 Å². The van der Waals surface area contributed by atoms with Gasteiger partial charge in [-0.3, -0.25) is 4.68 Å². The number of thioether (sulfide) groups is 1. The fraction of sp³-hybridized carbons (Fsp3) is 0.385. The Bertz CT molecular complexity index is 762. The first-order valence-electron chi connectivity index (χ1n) is 6.61. The van der Waals surface area contributed by atoms with Crippen LogP contribution in [0.15, 0.2) is 28.7 Å². The minimum atomic E-state index is -0.426. The summed E-state index contributed by atoms with van der Waals surface area (Å²) in [4.78, 5) is 16.7. The highest BCUT2D eigenvalue weighted by atomic mass is 32.2. The molecule has 0 amide bonds. The van der Waals surface area contributed by atoms with Crippen LogP contribution in [0.25, 0.3) is 0 Å². The molecule has 0 unspecified atom stereocenters. The van der Waals surface area contributed by atoms with Crippen molar-refractivity contribution in [2.75, 3.05) is 18.7 Å². The van der Waals surface area contributed by atoms with Gasteiger partial charge in [0.2, 0.25) is 11.1 Å². The largest absolute Gasteiger partial charge is 0.466 e. The standard InChI is InChI=1S/C13H16N6O2S/c1-7-9(11(20)21-3)10(8-5-6-14-18(8)2)19-12(15-7)16-13(17-19)22-4/h5-6,10H,1-4H3,(H,15,16,17)/t10-/m1/s1. The Morgan fingerprint density at radius 3 is 2.86 bits per heavy atom. The van der Waals surface area contributed by atoms with E-state index in [-0.39, 0.29) is 0 Å². The molecule has 9 heteroatoms. The second-order valence-corrected chi connectivity index (χ2v) is 5.58. The van der Waals surface area contributed by atoms with E-state index in [1.807, 2.05) is 26.3 Å². The second-order valence-electron chi connectivity index (χ2n) is 4.80. The minimum absolute atomic E-state index is 0.400. The van der Waals surface area contributed by atoms with Gasteiger partial charge in [-0.25, -0.2) is 9.48 Å². The number of anilines is 1. The highest BCUT2D eigenvalue weighted by molar-refractivity contribution is 7.98. The number of carbonyl (C=O) groups is 1. The van der Waals surface area contributed by atoms with Crippen LogP contribution in [-0.2, 0) is 16.6 Å². The molecule has 2 aromatic heterocycles. The molecular formula is C13H16N6O2S. The Hall–Kier alpha value is -2.29. The predicted molar refractivity (Wildman–Crippen MR) is 81.5 cm³/mol. The van der Waals surface area contributed by atoms with Gasteiger partial charge in [-0.15, -0.1) is 5.10 Å². The van der Waals surface area contributed by atoms with Crippen LogP contribution in [0.3, 0.4) is 0 Å². The first-order chi connectivity index (χ1) is 10.6. The number of carbonyl (C=O) groups excluding carboxylic acids is 1. The van der Waals surface area contributed by atoms with Gasteiger partial charge >= 0.3 is 5.97 Å². The van der Waals surface area contributed by atoms with Crippen LogP contribution in [-0.4, -0.2) is 43.9 Å².